The monoisotopic (exact) mass is 430 g/mol. The van der Waals surface area contributed by atoms with Crippen molar-refractivity contribution in [1.82, 2.24) is 0 Å². The summed E-state index contributed by atoms with van der Waals surface area (Å²) in [5, 5.41) is 0. The summed E-state index contributed by atoms with van der Waals surface area (Å²) < 4.78 is 30.4. The standard InChI is InChI=1S/C29H44F2/c1-3-5-7-9-21-11-13-25-19-27(29(31)28(30)26(25)17-21)24-15-14-22-16-20(8-6-4-2)10-12-23(22)18-24/h19-24H,3-18H2,1-2H3. The summed E-state index contributed by atoms with van der Waals surface area (Å²) in [5.41, 5.74) is 2.54. The van der Waals surface area contributed by atoms with E-state index in [1.54, 1.807) is 0 Å². The van der Waals surface area contributed by atoms with Crippen molar-refractivity contribution in [2.45, 2.75) is 122 Å². The summed E-state index contributed by atoms with van der Waals surface area (Å²) in [7, 11) is 0. The average Bonchev–Trinajstić information content (AvgIpc) is 2.80. The summed E-state index contributed by atoms with van der Waals surface area (Å²) in [6.45, 7) is 4.51. The Bertz CT molecular complexity index is 724. The van der Waals surface area contributed by atoms with Crippen LogP contribution in [-0.4, -0.2) is 0 Å². The number of benzene rings is 1. The minimum atomic E-state index is -0.506. The van der Waals surface area contributed by atoms with Gasteiger partial charge in [0.25, 0.3) is 0 Å². The third-order valence-corrected chi connectivity index (χ3v) is 9.09. The maximum absolute atomic E-state index is 15.3. The molecule has 0 aliphatic heterocycles. The van der Waals surface area contributed by atoms with E-state index >= 15 is 8.78 Å². The van der Waals surface area contributed by atoms with Crippen LogP contribution in [0.15, 0.2) is 6.07 Å². The van der Waals surface area contributed by atoms with Crippen molar-refractivity contribution in [3.63, 3.8) is 0 Å². The molecule has 0 nitrogen and oxygen atoms in total. The van der Waals surface area contributed by atoms with Gasteiger partial charge in [-0.3, -0.25) is 0 Å². The zero-order valence-electron chi connectivity index (χ0n) is 20.0. The molecule has 0 aromatic heterocycles. The van der Waals surface area contributed by atoms with Crippen LogP contribution in [0.2, 0.25) is 0 Å². The highest BCUT2D eigenvalue weighted by Crippen LogP contribution is 2.49. The average molecular weight is 431 g/mol. The quantitative estimate of drug-likeness (QED) is 0.361. The minimum absolute atomic E-state index is 0.232. The van der Waals surface area contributed by atoms with Crippen LogP contribution in [0.4, 0.5) is 8.78 Å². The Labute approximate surface area is 189 Å². The molecule has 2 heteroatoms. The van der Waals surface area contributed by atoms with Crippen LogP contribution in [0.3, 0.4) is 0 Å². The van der Waals surface area contributed by atoms with E-state index in [4.69, 9.17) is 0 Å². The third kappa shape index (κ3) is 5.36. The largest absolute Gasteiger partial charge is 0.203 e. The van der Waals surface area contributed by atoms with Gasteiger partial charge >= 0.3 is 0 Å². The number of rotatable bonds is 8. The summed E-state index contributed by atoms with van der Waals surface area (Å²) in [6.07, 6.45) is 19.2. The van der Waals surface area contributed by atoms with E-state index in [2.05, 4.69) is 19.9 Å². The molecule has 0 amide bonds. The first kappa shape index (κ1) is 23.2. The molecule has 3 aliphatic carbocycles. The lowest BCUT2D eigenvalue weighted by Crippen LogP contribution is -2.31. The van der Waals surface area contributed by atoms with E-state index in [0.717, 1.165) is 55.4 Å². The van der Waals surface area contributed by atoms with E-state index < -0.39 is 11.6 Å². The number of hydrogen-bond donors (Lipinski definition) is 0. The zero-order valence-corrected chi connectivity index (χ0v) is 20.0. The van der Waals surface area contributed by atoms with E-state index in [-0.39, 0.29) is 5.92 Å². The summed E-state index contributed by atoms with van der Waals surface area (Å²) >= 11 is 0. The van der Waals surface area contributed by atoms with Crippen LogP contribution in [0.25, 0.3) is 0 Å². The first-order chi connectivity index (χ1) is 15.1. The molecule has 1 aromatic carbocycles. The van der Waals surface area contributed by atoms with Gasteiger partial charge in [0.2, 0.25) is 0 Å². The van der Waals surface area contributed by atoms with Crippen LogP contribution in [0.5, 0.6) is 0 Å². The first-order valence-corrected chi connectivity index (χ1v) is 13.6. The number of hydrogen-bond acceptors (Lipinski definition) is 0. The zero-order chi connectivity index (χ0) is 21.8. The lowest BCUT2D eigenvalue weighted by molar-refractivity contribution is 0.112. The maximum atomic E-state index is 15.3. The molecule has 0 saturated heterocycles. The van der Waals surface area contributed by atoms with Crippen LogP contribution < -0.4 is 0 Å². The summed E-state index contributed by atoms with van der Waals surface area (Å²) in [6, 6.07) is 2.09. The molecule has 0 radical (unpaired) electrons. The Morgan fingerprint density at radius 2 is 1.52 bits per heavy atom. The number of aryl methyl sites for hydroxylation is 1. The fraction of sp³-hybridized carbons (Fsp3) is 0.793. The summed E-state index contributed by atoms with van der Waals surface area (Å²) in [5.74, 6) is 2.25. The van der Waals surface area contributed by atoms with E-state index in [1.807, 2.05) is 0 Å². The number of halogens is 2. The molecule has 0 bridgehead atoms. The topological polar surface area (TPSA) is 0 Å². The third-order valence-electron chi connectivity index (χ3n) is 9.09. The van der Waals surface area contributed by atoms with Gasteiger partial charge in [0.05, 0.1) is 0 Å². The van der Waals surface area contributed by atoms with Crippen molar-refractivity contribution < 1.29 is 8.78 Å². The highest BCUT2D eigenvalue weighted by atomic mass is 19.2. The first-order valence-electron chi connectivity index (χ1n) is 13.6. The van der Waals surface area contributed by atoms with Crippen LogP contribution >= 0.6 is 0 Å². The van der Waals surface area contributed by atoms with E-state index in [0.29, 0.717) is 17.0 Å². The van der Waals surface area contributed by atoms with Crippen molar-refractivity contribution in [1.29, 1.82) is 0 Å². The van der Waals surface area contributed by atoms with Crippen molar-refractivity contribution in [2.75, 3.05) is 0 Å². The number of unbranched alkanes of at least 4 members (excludes halogenated alkanes) is 3. The SMILES string of the molecule is CCCCCC1CCc2cc(C3CCC4CC(CCCC)CCC4C3)c(F)c(F)c2C1. The molecule has 0 spiro atoms. The fourth-order valence-corrected chi connectivity index (χ4v) is 7.18. The maximum Gasteiger partial charge on any atom is 0.162 e. The Morgan fingerprint density at radius 1 is 0.774 bits per heavy atom. The smallest absolute Gasteiger partial charge is 0.162 e. The highest BCUT2D eigenvalue weighted by Gasteiger charge is 2.37. The molecule has 31 heavy (non-hydrogen) atoms. The van der Waals surface area contributed by atoms with Gasteiger partial charge < -0.3 is 0 Å². The van der Waals surface area contributed by atoms with E-state index in [1.165, 1.54) is 70.6 Å². The molecule has 2 saturated carbocycles. The van der Waals surface area contributed by atoms with Crippen molar-refractivity contribution in [2.24, 2.45) is 23.7 Å². The molecule has 1 aromatic rings. The Hall–Kier alpha value is -0.920. The second-order valence-corrected chi connectivity index (χ2v) is 11.2. The van der Waals surface area contributed by atoms with Gasteiger partial charge in [0.1, 0.15) is 0 Å². The predicted molar refractivity (Wildman–Crippen MR) is 126 cm³/mol. The van der Waals surface area contributed by atoms with Crippen molar-refractivity contribution in [3.8, 4) is 0 Å². The Morgan fingerprint density at radius 3 is 2.32 bits per heavy atom. The molecule has 5 atom stereocenters. The van der Waals surface area contributed by atoms with Gasteiger partial charge in [-0.2, -0.15) is 0 Å². The van der Waals surface area contributed by atoms with Crippen LogP contribution in [-0.2, 0) is 12.8 Å². The minimum Gasteiger partial charge on any atom is -0.203 e. The van der Waals surface area contributed by atoms with Gasteiger partial charge in [-0.1, -0.05) is 71.3 Å². The van der Waals surface area contributed by atoms with Gasteiger partial charge in [-0.15, -0.1) is 0 Å². The van der Waals surface area contributed by atoms with Crippen LogP contribution in [0.1, 0.15) is 126 Å². The van der Waals surface area contributed by atoms with Gasteiger partial charge in [-0.05, 0) is 97.6 Å². The summed E-state index contributed by atoms with van der Waals surface area (Å²) in [4.78, 5) is 0. The van der Waals surface area contributed by atoms with Crippen molar-refractivity contribution >= 4 is 0 Å². The van der Waals surface area contributed by atoms with Gasteiger partial charge in [0.15, 0.2) is 11.6 Å². The molecule has 2 fully saturated rings. The van der Waals surface area contributed by atoms with Gasteiger partial charge in [0, 0.05) is 0 Å². The predicted octanol–water partition coefficient (Wildman–Crippen LogP) is 9.14. The number of fused-ring (bicyclic) bond motifs is 2. The molecule has 5 unspecified atom stereocenters. The van der Waals surface area contributed by atoms with Crippen molar-refractivity contribution in [3.05, 3.63) is 34.4 Å². The molecule has 3 aliphatic rings. The molecule has 0 heterocycles. The van der Waals surface area contributed by atoms with Gasteiger partial charge in [-0.25, -0.2) is 8.78 Å². The molecular formula is C29H44F2. The second kappa shape index (κ2) is 10.8. The lowest BCUT2D eigenvalue weighted by Gasteiger charge is -2.42. The molecular weight excluding hydrogens is 386 g/mol. The fourth-order valence-electron chi connectivity index (χ4n) is 7.18. The normalized spacial score (nSPS) is 30.6. The molecule has 174 valence electrons. The Balaban J connectivity index is 1.42. The van der Waals surface area contributed by atoms with Crippen LogP contribution in [0, 0.1) is 35.3 Å². The highest BCUT2D eigenvalue weighted by molar-refractivity contribution is 5.38. The lowest BCUT2D eigenvalue weighted by atomic mass is 9.63. The second-order valence-electron chi connectivity index (χ2n) is 11.2. The Kier molecular flexibility index (Phi) is 8.10. The molecule has 4 rings (SSSR count). The van der Waals surface area contributed by atoms with E-state index in [9.17, 15) is 0 Å². The molecule has 0 N–H and O–H groups in total.